The van der Waals surface area contributed by atoms with Crippen LogP contribution in [0.15, 0.2) is 12.1 Å². The maximum Gasteiger partial charge on any atom is 0.331 e. The minimum atomic E-state index is -0.488. The summed E-state index contributed by atoms with van der Waals surface area (Å²) in [5.74, 6) is 6.78. The number of nitrogens with two attached hydrogens (primary N) is 1. The van der Waals surface area contributed by atoms with Crippen LogP contribution in [0.1, 0.15) is 33.1 Å². The number of nitrogens with zero attached hydrogens (tertiary/aromatic N) is 2. The summed E-state index contributed by atoms with van der Waals surface area (Å²) < 4.78 is 5.78. The van der Waals surface area contributed by atoms with Gasteiger partial charge in [-0.2, -0.15) is 4.98 Å². The summed E-state index contributed by atoms with van der Waals surface area (Å²) in [6.45, 7) is 4.34. The monoisotopic (exact) mass is 280 g/mol. The normalized spacial score (nSPS) is 26.1. The van der Waals surface area contributed by atoms with Gasteiger partial charge in [-0.3, -0.25) is 10.1 Å². The van der Waals surface area contributed by atoms with Gasteiger partial charge >= 0.3 is 5.69 Å². The van der Waals surface area contributed by atoms with Crippen molar-refractivity contribution in [3.63, 3.8) is 0 Å². The SMILES string of the molecule is CC1CC(C)CC(Oc2nc(NN)ccc2[N+](=O)[O-])C1. The van der Waals surface area contributed by atoms with Gasteiger partial charge in [0.1, 0.15) is 11.9 Å². The van der Waals surface area contributed by atoms with Crippen LogP contribution in [-0.4, -0.2) is 16.0 Å². The highest BCUT2D eigenvalue weighted by atomic mass is 16.6. The highest BCUT2D eigenvalue weighted by Crippen LogP contribution is 2.34. The molecule has 0 aromatic carbocycles. The van der Waals surface area contributed by atoms with E-state index in [9.17, 15) is 10.1 Å². The first-order chi connectivity index (χ1) is 9.49. The molecular formula is C13H20N4O3. The Morgan fingerprint density at radius 2 is 2.00 bits per heavy atom. The van der Waals surface area contributed by atoms with Gasteiger partial charge in [0.2, 0.25) is 0 Å². The Bertz CT molecular complexity index is 485. The van der Waals surface area contributed by atoms with E-state index in [1.165, 1.54) is 18.6 Å². The lowest BCUT2D eigenvalue weighted by molar-refractivity contribution is -0.386. The molecule has 20 heavy (non-hydrogen) atoms. The second-order valence-electron chi connectivity index (χ2n) is 5.58. The molecule has 7 nitrogen and oxygen atoms in total. The Balaban J connectivity index is 2.20. The number of pyridine rings is 1. The number of nitrogens with one attached hydrogen (secondary N) is 1. The molecule has 1 saturated carbocycles. The summed E-state index contributed by atoms with van der Waals surface area (Å²) in [6, 6.07) is 2.81. The molecule has 0 saturated heterocycles. The van der Waals surface area contributed by atoms with E-state index < -0.39 is 4.92 Å². The summed E-state index contributed by atoms with van der Waals surface area (Å²) in [4.78, 5) is 14.6. The van der Waals surface area contributed by atoms with E-state index in [1.54, 1.807) is 0 Å². The highest BCUT2D eigenvalue weighted by Gasteiger charge is 2.28. The molecule has 1 fully saturated rings. The second-order valence-corrected chi connectivity index (χ2v) is 5.58. The van der Waals surface area contributed by atoms with E-state index in [4.69, 9.17) is 10.6 Å². The minimum Gasteiger partial charge on any atom is -0.469 e. The van der Waals surface area contributed by atoms with Gasteiger partial charge in [-0.15, -0.1) is 0 Å². The Labute approximate surface area is 117 Å². The van der Waals surface area contributed by atoms with Crippen LogP contribution >= 0.6 is 0 Å². The summed E-state index contributed by atoms with van der Waals surface area (Å²) in [5.41, 5.74) is 2.24. The van der Waals surface area contributed by atoms with Gasteiger partial charge in [-0.05, 0) is 37.2 Å². The Hall–Kier alpha value is -1.89. The van der Waals surface area contributed by atoms with E-state index in [2.05, 4.69) is 24.3 Å². The lowest BCUT2D eigenvalue weighted by Crippen LogP contribution is -2.29. The lowest BCUT2D eigenvalue weighted by atomic mass is 9.82. The van der Waals surface area contributed by atoms with Crippen molar-refractivity contribution in [2.45, 2.75) is 39.2 Å². The molecule has 0 spiro atoms. The fourth-order valence-corrected chi connectivity index (χ4v) is 2.87. The number of hydrazine groups is 1. The number of aromatic nitrogens is 1. The van der Waals surface area contributed by atoms with Crippen molar-refractivity contribution in [2.75, 3.05) is 5.43 Å². The molecule has 0 bridgehead atoms. The average molecular weight is 280 g/mol. The highest BCUT2D eigenvalue weighted by molar-refractivity contribution is 5.48. The number of rotatable bonds is 4. The summed E-state index contributed by atoms with van der Waals surface area (Å²) in [5, 5.41) is 11.0. The van der Waals surface area contributed by atoms with Crippen molar-refractivity contribution in [1.29, 1.82) is 0 Å². The standard InChI is InChI=1S/C13H20N4O3/c1-8-5-9(2)7-10(6-8)20-13-11(17(18)19)3-4-12(15-13)16-14/h3-4,8-10H,5-7,14H2,1-2H3,(H,15,16). The predicted octanol–water partition coefficient (Wildman–Crippen LogP) is 2.48. The molecule has 1 aromatic heterocycles. The fraction of sp³-hybridized carbons (Fsp3) is 0.615. The van der Waals surface area contributed by atoms with Crippen LogP contribution in [0.2, 0.25) is 0 Å². The van der Waals surface area contributed by atoms with Crippen LogP contribution in [0.5, 0.6) is 5.88 Å². The van der Waals surface area contributed by atoms with E-state index in [-0.39, 0.29) is 17.7 Å². The molecule has 2 atom stereocenters. The molecule has 0 amide bonds. The van der Waals surface area contributed by atoms with Crippen LogP contribution in [0, 0.1) is 22.0 Å². The zero-order chi connectivity index (χ0) is 14.7. The van der Waals surface area contributed by atoms with Crippen molar-refractivity contribution < 1.29 is 9.66 Å². The largest absolute Gasteiger partial charge is 0.469 e. The smallest absolute Gasteiger partial charge is 0.331 e. The van der Waals surface area contributed by atoms with Crippen LogP contribution in [0.4, 0.5) is 11.5 Å². The van der Waals surface area contributed by atoms with Gasteiger partial charge in [0.05, 0.1) is 4.92 Å². The molecule has 1 aliphatic rings. The van der Waals surface area contributed by atoms with Crippen LogP contribution < -0.4 is 16.0 Å². The van der Waals surface area contributed by atoms with Gasteiger partial charge in [-0.1, -0.05) is 13.8 Å². The fourth-order valence-electron chi connectivity index (χ4n) is 2.87. The zero-order valence-corrected chi connectivity index (χ0v) is 11.7. The first kappa shape index (κ1) is 14.5. The molecule has 1 heterocycles. The zero-order valence-electron chi connectivity index (χ0n) is 11.7. The number of nitro groups is 1. The van der Waals surface area contributed by atoms with Gasteiger partial charge in [-0.25, -0.2) is 5.84 Å². The van der Waals surface area contributed by atoms with Crippen molar-refractivity contribution >= 4 is 11.5 Å². The molecule has 0 radical (unpaired) electrons. The van der Waals surface area contributed by atoms with Crippen molar-refractivity contribution in [2.24, 2.45) is 17.7 Å². The maximum absolute atomic E-state index is 11.0. The second kappa shape index (κ2) is 6.04. The summed E-state index contributed by atoms with van der Waals surface area (Å²) in [7, 11) is 0. The van der Waals surface area contributed by atoms with Gasteiger partial charge in [0, 0.05) is 6.07 Å². The first-order valence-electron chi connectivity index (χ1n) is 6.78. The van der Waals surface area contributed by atoms with Crippen LogP contribution in [-0.2, 0) is 0 Å². The molecule has 0 aliphatic heterocycles. The average Bonchev–Trinajstić information content (AvgIpc) is 2.37. The predicted molar refractivity (Wildman–Crippen MR) is 75.3 cm³/mol. The third-order valence-corrected chi connectivity index (χ3v) is 3.60. The van der Waals surface area contributed by atoms with Crippen LogP contribution in [0.3, 0.4) is 0 Å². The lowest BCUT2D eigenvalue weighted by Gasteiger charge is -2.31. The molecule has 1 aliphatic carbocycles. The van der Waals surface area contributed by atoms with E-state index in [0.29, 0.717) is 17.7 Å². The number of hydrogen-bond donors (Lipinski definition) is 2. The van der Waals surface area contributed by atoms with Crippen LogP contribution in [0.25, 0.3) is 0 Å². The molecule has 7 heteroatoms. The molecule has 1 aromatic rings. The number of nitrogen functional groups attached to an aromatic ring is 1. The minimum absolute atomic E-state index is 0.0343. The number of ether oxygens (including phenoxy) is 1. The third kappa shape index (κ3) is 3.36. The van der Waals surface area contributed by atoms with Gasteiger partial charge < -0.3 is 10.2 Å². The molecule has 3 N–H and O–H groups in total. The number of hydrogen-bond acceptors (Lipinski definition) is 6. The van der Waals surface area contributed by atoms with E-state index >= 15 is 0 Å². The van der Waals surface area contributed by atoms with Gasteiger partial charge in [0.15, 0.2) is 0 Å². The Morgan fingerprint density at radius 3 is 2.55 bits per heavy atom. The number of anilines is 1. The van der Waals surface area contributed by atoms with Crippen molar-refractivity contribution in [3.05, 3.63) is 22.2 Å². The molecule has 2 rings (SSSR count). The van der Waals surface area contributed by atoms with Crippen molar-refractivity contribution in [3.8, 4) is 5.88 Å². The third-order valence-electron chi connectivity index (χ3n) is 3.60. The topological polar surface area (TPSA) is 103 Å². The van der Waals surface area contributed by atoms with Crippen molar-refractivity contribution in [1.82, 2.24) is 4.98 Å². The van der Waals surface area contributed by atoms with E-state index in [0.717, 1.165) is 12.8 Å². The molecular weight excluding hydrogens is 260 g/mol. The maximum atomic E-state index is 11.0. The van der Waals surface area contributed by atoms with E-state index in [1.807, 2.05) is 0 Å². The summed E-state index contributed by atoms with van der Waals surface area (Å²) in [6.07, 6.45) is 2.92. The molecule has 2 unspecified atom stereocenters. The Morgan fingerprint density at radius 1 is 1.35 bits per heavy atom. The Kier molecular flexibility index (Phi) is 4.39. The quantitative estimate of drug-likeness (QED) is 0.499. The van der Waals surface area contributed by atoms with Gasteiger partial charge in [0.25, 0.3) is 5.88 Å². The summed E-state index contributed by atoms with van der Waals surface area (Å²) >= 11 is 0. The first-order valence-corrected chi connectivity index (χ1v) is 6.78. The molecule has 110 valence electrons.